The van der Waals surface area contributed by atoms with Crippen LogP contribution in [0.25, 0.3) is 0 Å². The molecular weight excluding hydrogens is 378 g/mol. The van der Waals surface area contributed by atoms with Crippen molar-refractivity contribution in [2.45, 2.75) is 70.6 Å². The van der Waals surface area contributed by atoms with Gasteiger partial charge in [-0.15, -0.1) is 0 Å². The Labute approximate surface area is 170 Å². The van der Waals surface area contributed by atoms with Crippen molar-refractivity contribution in [3.8, 4) is 0 Å². The molecule has 2 heterocycles. The topological polar surface area (TPSA) is 87.7 Å². The molecule has 0 aromatic rings. The summed E-state index contributed by atoms with van der Waals surface area (Å²) in [4.78, 5) is 14.8. The summed E-state index contributed by atoms with van der Waals surface area (Å²) in [5.74, 6) is 1.64. The monoisotopic (exact) mass is 415 g/mol. The van der Waals surface area contributed by atoms with Crippen molar-refractivity contribution in [3.05, 3.63) is 0 Å². The predicted molar refractivity (Wildman–Crippen MR) is 109 cm³/mol. The minimum absolute atomic E-state index is 0.0148. The van der Waals surface area contributed by atoms with E-state index >= 15 is 0 Å². The number of likely N-dealkylation sites (tertiary alicyclic amines) is 1. The fraction of sp³-hybridized carbons (Fsp3) is 0.950. The molecule has 0 radical (unpaired) electrons. The molecule has 0 aromatic heterocycles. The maximum absolute atomic E-state index is 12.9. The summed E-state index contributed by atoms with van der Waals surface area (Å²) in [5.41, 5.74) is 0. The van der Waals surface area contributed by atoms with Crippen LogP contribution in [0.1, 0.15) is 52.4 Å². The molecular formula is C20H37N3O4S. The van der Waals surface area contributed by atoms with Crippen molar-refractivity contribution >= 4 is 15.9 Å². The van der Waals surface area contributed by atoms with Gasteiger partial charge < -0.3 is 15.0 Å². The number of nitrogens with one attached hydrogen (secondary N) is 2. The van der Waals surface area contributed by atoms with E-state index < -0.39 is 10.0 Å². The third-order valence-corrected chi connectivity index (χ3v) is 7.45. The van der Waals surface area contributed by atoms with Gasteiger partial charge in [-0.05, 0) is 50.4 Å². The molecule has 2 saturated heterocycles. The second kappa shape index (κ2) is 9.41. The first-order valence-electron chi connectivity index (χ1n) is 10.8. The van der Waals surface area contributed by atoms with E-state index in [0.717, 1.165) is 31.6 Å². The standard InChI is InChI=1S/C20H37N3O4S/c1-14(2)15-6-8-17(9-7-15)27-13-19-18(22-28(3,25)26)5-4-10-23(19)20(24)16-11-21-12-16/h14-19,21-22H,4-13H2,1-3H3/t15-,17+,18-,19-/m0/s1. The van der Waals surface area contributed by atoms with E-state index in [1.54, 1.807) is 0 Å². The molecule has 3 rings (SSSR count). The zero-order valence-corrected chi connectivity index (χ0v) is 18.3. The molecule has 3 aliphatic rings. The Morgan fingerprint density at radius 1 is 1.18 bits per heavy atom. The first kappa shape index (κ1) is 22.0. The van der Waals surface area contributed by atoms with E-state index in [1.165, 1.54) is 19.1 Å². The van der Waals surface area contributed by atoms with Crippen molar-refractivity contribution in [2.75, 3.05) is 32.5 Å². The minimum Gasteiger partial charge on any atom is -0.376 e. The van der Waals surface area contributed by atoms with Gasteiger partial charge in [0.1, 0.15) is 0 Å². The van der Waals surface area contributed by atoms with Gasteiger partial charge in [0.15, 0.2) is 0 Å². The van der Waals surface area contributed by atoms with Gasteiger partial charge in [-0.1, -0.05) is 13.8 Å². The molecule has 8 heteroatoms. The lowest BCUT2D eigenvalue weighted by molar-refractivity contribution is -0.144. The van der Waals surface area contributed by atoms with E-state index in [9.17, 15) is 13.2 Å². The van der Waals surface area contributed by atoms with Crippen LogP contribution in [0.4, 0.5) is 0 Å². The van der Waals surface area contributed by atoms with E-state index in [4.69, 9.17) is 4.74 Å². The second-order valence-corrected chi connectivity index (χ2v) is 11.0. The van der Waals surface area contributed by atoms with Crippen LogP contribution in [0.3, 0.4) is 0 Å². The molecule has 1 amide bonds. The maximum atomic E-state index is 12.9. The number of carbonyl (C=O) groups is 1. The molecule has 1 saturated carbocycles. The lowest BCUT2D eigenvalue weighted by Gasteiger charge is -2.44. The van der Waals surface area contributed by atoms with Gasteiger partial charge in [0.05, 0.1) is 30.9 Å². The van der Waals surface area contributed by atoms with Gasteiger partial charge >= 0.3 is 0 Å². The number of hydrogen-bond donors (Lipinski definition) is 2. The van der Waals surface area contributed by atoms with Gasteiger partial charge in [-0.25, -0.2) is 13.1 Å². The van der Waals surface area contributed by atoms with Gasteiger partial charge in [-0.3, -0.25) is 4.79 Å². The second-order valence-electron chi connectivity index (χ2n) is 9.21. The largest absolute Gasteiger partial charge is 0.376 e. The molecule has 28 heavy (non-hydrogen) atoms. The summed E-state index contributed by atoms with van der Waals surface area (Å²) in [6.07, 6.45) is 7.46. The van der Waals surface area contributed by atoms with Crippen LogP contribution in [0.2, 0.25) is 0 Å². The Bertz CT molecular complexity index is 627. The number of amides is 1. The molecule has 2 atom stereocenters. The molecule has 0 spiro atoms. The summed E-state index contributed by atoms with van der Waals surface area (Å²) >= 11 is 0. The minimum atomic E-state index is -3.33. The molecule has 7 nitrogen and oxygen atoms in total. The Balaban J connectivity index is 1.63. The highest BCUT2D eigenvalue weighted by atomic mass is 32.2. The Morgan fingerprint density at radius 2 is 1.86 bits per heavy atom. The molecule has 162 valence electrons. The van der Waals surface area contributed by atoms with Gasteiger partial charge in [0, 0.05) is 25.7 Å². The average Bonchev–Trinajstić information content (AvgIpc) is 2.58. The summed E-state index contributed by atoms with van der Waals surface area (Å²) < 4.78 is 32.7. The Hall–Kier alpha value is -0.700. The SMILES string of the molecule is CC(C)[C@H]1CC[C@@H](OC[C@H]2[C@@H](NS(C)(=O)=O)CCCN2C(=O)C2CNC2)CC1. The Kier molecular flexibility index (Phi) is 7.39. The highest BCUT2D eigenvalue weighted by molar-refractivity contribution is 7.88. The highest BCUT2D eigenvalue weighted by Gasteiger charge is 2.40. The zero-order chi connectivity index (χ0) is 20.3. The third-order valence-electron chi connectivity index (χ3n) is 6.72. The summed E-state index contributed by atoms with van der Waals surface area (Å²) in [5, 5.41) is 3.15. The van der Waals surface area contributed by atoms with Crippen LogP contribution in [0.15, 0.2) is 0 Å². The van der Waals surface area contributed by atoms with E-state index in [2.05, 4.69) is 23.9 Å². The highest BCUT2D eigenvalue weighted by Crippen LogP contribution is 2.32. The molecule has 0 bridgehead atoms. The number of piperidine rings is 1. The van der Waals surface area contributed by atoms with Gasteiger partial charge in [-0.2, -0.15) is 0 Å². The Morgan fingerprint density at radius 3 is 2.39 bits per heavy atom. The van der Waals surface area contributed by atoms with E-state index in [-0.39, 0.29) is 30.0 Å². The van der Waals surface area contributed by atoms with Crippen molar-refractivity contribution in [1.82, 2.24) is 14.9 Å². The zero-order valence-electron chi connectivity index (χ0n) is 17.5. The first-order valence-corrected chi connectivity index (χ1v) is 12.7. The summed E-state index contributed by atoms with van der Waals surface area (Å²) in [6, 6.07) is -0.493. The maximum Gasteiger partial charge on any atom is 0.228 e. The molecule has 2 N–H and O–H groups in total. The number of sulfonamides is 1. The number of nitrogens with zero attached hydrogens (tertiary/aromatic N) is 1. The summed E-state index contributed by atoms with van der Waals surface area (Å²) in [7, 11) is -3.33. The van der Waals surface area contributed by atoms with Crippen LogP contribution in [0, 0.1) is 17.8 Å². The van der Waals surface area contributed by atoms with Gasteiger partial charge in [0.25, 0.3) is 0 Å². The van der Waals surface area contributed by atoms with Crippen molar-refractivity contribution in [3.63, 3.8) is 0 Å². The molecule has 1 aliphatic carbocycles. The molecule has 0 unspecified atom stereocenters. The van der Waals surface area contributed by atoms with Crippen LogP contribution in [-0.4, -0.2) is 69.9 Å². The van der Waals surface area contributed by atoms with E-state index in [0.29, 0.717) is 32.2 Å². The number of hydrogen-bond acceptors (Lipinski definition) is 5. The van der Waals surface area contributed by atoms with Crippen LogP contribution >= 0.6 is 0 Å². The van der Waals surface area contributed by atoms with E-state index in [1.807, 2.05) is 4.90 Å². The third kappa shape index (κ3) is 5.68. The molecule has 3 fully saturated rings. The number of rotatable bonds is 7. The van der Waals surface area contributed by atoms with Gasteiger partial charge in [0.2, 0.25) is 15.9 Å². The summed E-state index contributed by atoms with van der Waals surface area (Å²) in [6.45, 7) is 7.10. The van der Waals surface area contributed by atoms with Crippen LogP contribution in [-0.2, 0) is 19.6 Å². The molecule has 0 aromatic carbocycles. The van der Waals surface area contributed by atoms with Crippen LogP contribution in [0.5, 0.6) is 0 Å². The van der Waals surface area contributed by atoms with Crippen molar-refractivity contribution < 1.29 is 17.9 Å². The fourth-order valence-corrected chi connectivity index (χ4v) is 5.63. The smallest absolute Gasteiger partial charge is 0.228 e. The quantitative estimate of drug-likeness (QED) is 0.655. The number of ether oxygens (including phenoxy) is 1. The average molecular weight is 416 g/mol. The predicted octanol–water partition coefficient (Wildman–Crippen LogP) is 1.35. The lowest BCUT2D eigenvalue weighted by atomic mass is 9.80. The number of carbonyl (C=O) groups excluding carboxylic acids is 1. The first-order chi connectivity index (χ1) is 13.2. The van der Waals surface area contributed by atoms with Crippen LogP contribution < -0.4 is 10.0 Å². The fourth-order valence-electron chi connectivity index (χ4n) is 4.80. The lowest BCUT2D eigenvalue weighted by Crippen LogP contribution is -2.62. The molecule has 2 aliphatic heterocycles. The van der Waals surface area contributed by atoms with Crippen molar-refractivity contribution in [2.24, 2.45) is 17.8 Å². The van der Waals surface area contributed by atoms with Crippen molar-refractivity contribution in [1.29, 1.82) is 0 Å². The normalized spacial score (nSPS) is 32.4.